The topological polar surface area (TPSA) is 75.7 Å². The molecule has 2 aliphatic rings. The van der Waals surface area contributed by atoms with Crippen molar-refractivity contribution in [2.24, 2.45) is 0 Å². The Balaban J connectivity index is 1.88. The van der Waals surface area contributed by atoms with Gasteiger partial charge in [0.1, 0.15) is 11.8 Å². The summed E-state index contributed by atoms with van der Waals surface area (Å²) >= 11 is 0. The van der Waals surface area contributed by atoms with Gasteiger partial charge >= 0.3 is 6.09 Å². The van der Waals surface area contributed by atoms with E-state index in [2.05, 4.69) is 5.32 Å². The van der Waals surface area contributed by atoms with Gasteiger partial charge in [-0.05, 0) is 40.0 Å². The van der Waals surface area contributed by atoms with Gasteiger partial charge in [0.15, 0.2) is 0 Å². The predicted octanol–water partition coefficient (Wildman–Crippen LogP) is 1.42. The third-order valence-corrected chi connectivity index (χ3v) is 5.88. The smallest absolute Gasteiger partial charge is 0.407 e. The van der Waals surface area contributed by atoms with Crippen LogP contribution in [0.5, 0.6) is 0 Å². The molecular weight excluding hydrogens is 299 g/mol. The molecule has 1 aliphatic carbocycles. The summed E-state index contributed by atoms with van der Waals surface area (Å²) in [5.74, 6) is 0. The number of sulfonamides is 1. The summed E-state index contributed by atoms with van der Waals surface area (Å²) < 4.78 is 44.5. The summed E-state index contributed by atoms with van der Waals surface area (Å²) in [6.07, 6.45) is -0.509. The van der Waals surface area contributed by atoms with Crippen LogP contribution in [0.1, 0.15) is 40.0 Å². The van der Waals surface area contributed by atoms with Crippen molar-refractivity contribution in [3.8, 4) is 0 Å². The zero-order valence-corrected chi connectivity index (χ0v) is 13.5. The van der Waals surface area contributed by atoms with Crippen molar-refractivity contribution in [1.82, 2.24) is 9.62 Å². The fourth-order valence-corrected chi connectivity index (χ4v) is 4.17. The number of carbonyl (C=O) groups excluding carboxylic acids is 1. The first-order valence-corrected chi connectivity index (χ1v) is 8.72. The molecule has 21 heavy (non-hydrogen) atoms. The van der Waals surface area contributed by atoms with Crippen LogP contribution in [0, 0.1) is 0 Å². The number of ether oxygens (including phenoxy) is 1. The lowest BCUT2D eigenvalue weighted by molar-refractivity contribution is 0.0438. The van der Waals surface area contributed by atoms with Crippen LogP contribution >= 0.6 is 0 Å². The average molecular weight is 322 g/mol. The molecular formula is C13H23FN2O4S. The van der Waals surface area contributed by atoms with E-state index in [1.54, 1.807) is 20.8 Å². The molecule has 0 unspecified atom stereocenters. The van der Waals surface area contributed by atoms with E-state index in [-0.39, 0.29) is 24.8 Å². The van der Waals surface area contributed by atoms with Gasteiger partial charge in [-0.15, -0.1) is 0 Å². The number of alkyl carbamates (subject to hydrolysis) is 1. The summed E-state index contributed by atoms with van der Waals surface area (Å²) in [7, 11) is -3.35. The molecule has 1 saturated heterocycles. The van der Waals surface area contributed by atoms with Crippen LogP contribution in [0.2, 0.25) is 0 Å². The molecule has 8 heteroatoms. The van der Waals surface area contributed by atoms with Gasteiger partial charge in [0.25, 0.3) is 0 Å². The van der Waals surface area contributed by atoms with Crippen molar-refractivity contribution in [2.75, 3.05) is 13.1 Å². The average Bonchev–Trinajstić information content (AvgIpc) is 3.13. The minimum Gasteiger partial charge on any atom is -0.444 e. The molecule has 0 aromatic heterocycles. The molecule has 1 saturated carbocycles. The maximum atomic E-state index is 14.1. The Morgan fingerprint density at radius 1 is 1.29 bits per heavy atom. The second-order valence-corrected chi connectivity index (χ2v) is 8.87. The molecule has 0 aromatic carbocycles. The number of nitrogens with one attached hydrogen (secondary N) is 1. The first-order chi connectivity index (χ1) is 9.59. The third kappa shape index (κ3) is 4.29. The SMILES string of the molecule is CC(C)(C)OC(=O)N[C@@H]1CCN(S(=O)(=O)C2CC2)C[C@H]1F. The number of nitrogens with zero attached hydrogens (tertiary/aromatic N) is 1. The van der Waals surface area contributed by atoms with E-state index in [9.17, 15) is 17.6 Å². The van der Waals surface area contributed by atoms with Crippen molar-refractivity contribution >= 4 is 16.1 Å². The van der Waals surface area contributed by atoms with Gasteiger partial charge in [0, 0.05) is 13.1 Å². The number of piperidine rings is 1. The monoisotopic (exact) mass is 322 g/mol. The van der Waals surface area contributed by atoms with Gasteiger partial charge in [-0.3, -0.25) is 0 Å². The van der Waals surface area contributed by atoms with E-state index >= 15 is 0 Å². The van der Waals surface area contributed by atoms with E-state index in [1.165, 1.54) is 4.31 Å². The van der Waals surface area contributed by atoms with Crippen LogP contribution in [0.4, 0.5) is 9.18 Å². The van der Waals surface area contributed by atoms with E-state index in [1.807, 2.05) is 0 Å². The number of halogens is 1. The minimum atomic E-state index is -3.35. The molecule has 122 valence electrons. The summed E-state index contributed by atoms with van der Waals surface area (Å²) in [6.45, 7) is 5.22. The van der Waals surface area contributed by atoms with Crippen molar-refractivity contribution in [1.29, 1.82) is 0 Å². The number of hydrogen-bond acceptors (Lipinski definition) is 4. The molecule has 2 rings (SSSR count). The van der Waals surface area contributed by atoms with Crippen LogP contribution in [-0.4, -0.2) is 55.0 Å². The van der Waals surface area contributed by atoms with E-state index in [4.69, 9.17) is 4.74 Å². The van der Waals surface area contributed by atoms with Gasteiger partial charge in [0.05, 0.1) is 11.3 Å². The highest BCUT2D eigenvalue weighted by molar-refractivity contribution is 7.90. The Hall–Kier alpha value is -0.890. The molecule has 0 spiro atoms. The molecule has 0 bridgehead atoms. The highest BCUT2D eigenvalue weighted by atomic mass is 32.2. The predicted molar refractivity (Wildman–Crippen MR) is 76.2 cm³/mol. The number of alkyl halides is 1. The standard InChI is InChI=1S/C13H23FN2O4S/c1-13(2,3)20-12(17)15-11-6-7-16(8-10(11)14)21(18,19)9-4-5-9/h9-11H,4-8H2,1-3H3,(H,15,17)/t10-,11-/m1/s1. The first kappa shape index (κ1) is 16.5. The zero-order valence-electron chi connectivity index (χ0n) is 12.6. The minimum absolute atomic E-state index is 0.195. The zero-order chi connectivity index (χ0) is 15.8. The summed E-state index contributed by atoms with van der Waals surface area (Å²) in [4.78, 5) is 11.6. The van der Waals surface area contributed by atoms with Gasteiger partial charge in [-0.25, -0.2) is 17.6 Å². The summed E-state index contributed by atoms with van der Waals surface area (Å²) in [5.41, 5.74) is -0.647. The fourth-order valence-electron chi connectivity index (χ4n) is 2.31. The third-order valence-electron chi connectivity index (χ3n) is 3.51. The van der Waals surface area contributed by atoms with Crippen molar-refractivity contribution < 1.29 is 22.3 Å². The normalized spacial score (nSPS) is 28.2. The van der Waals surface area contributed by atoms with Crippen molar-refractivity contribution in [3.05, 3.63) is 0 Å². The van der Waals surface area contributed by atoms with Gasteiger partial charge < -0.3 is 10.1 Å². The summed E-state index contributed by atoms with van der Waals surface area (Å²) in [5, 5.41) is 2.15. The van der Waals surface area contributed by atoms with Gasteiger partial charge in [0.2, 0.25) is 10.0 Å². The maximum Gasteiger partial charge on any atom is 0.407 e. The second kappa shape index (κ2) is 5.72. The highest BCUT2D eigenvalue weighted by Crippen LogP contribution is 2.32. The number of rotatable bonds is 3. The van der Waals surface area contributed by atoms with E-state index in [0.29, 0.717) is 12.8 Å². The lowest BCUT2D eigenvalue weighted by Gasteiger charge is -2.34. The van der Waals surface area contributed by atoms with Crippen LogP contribution < -0.4 is 5.32 Å². The first-order valence-electron chi connectivity index (χ1n) is 7.22. The van der Waals surface area contributed by atoms with Crippen LogP contribution in [0.3, 0.4) is 0 Å². The van der Waals surface area contributed by atoms with E-state index < -0.39 is 33.9 Å². The Bertz CT molecular complexity index is 499. The Kier molecular flexibility index (Phi) is 4.49. The molecule has 1 amide bonds. The Labute approximate surface area is 125 Å². The fraction of sp³-hybridized carbons (Fsp3) is 0.923. The Morgan fingerprint density at radius 3 is 2.38 bits per heavy atom. The molecule has 6 nitrogen and oxygen atoms in total. The van der Waals surface area contributed by atoms with Gasteiger partial charge in [-0.2, -0.15) is 4.31 Å². The molecule has 0 radical (unpaired) electrons. The molecule has 2 atom stereocenters. The van der Waals surface area contributed by atoms with Crippen LogP contribution in [-0.2, 0) is 14.8 Å². The summed E-state index contributed by atoms with van der Waals surface area (Å²) in [6, 6.07) is -0.703. The number of amides is 1. The highest BCUT2D eigenvalue weighted by Gasteiger charge is 2.43. The lowest BCUT2D eigenvalue weighted by Crippen LogP contribution is -2.54. The number of hydrogen-bond donors (Lipinski definition) is 1. The van der Waals surface area contributed by atoms with Crippen molar-refractivity contribution in [2.45, 2.75) is 63.1 Å². The maximum absolute atomic E-state index is 14.1. The molecule has 1 aliphatic heterocycles. The van der Waals surface area contributed by atoms with Crippen LogP contribution in [0.25, 0.3) is 0 Å². The molecule has 1 heterocycles. The molecule has 0 aromatic rings. The second-order valence-electron chi connectivity index (χ2n) is 6.66. The quantitative estimate of drug-likeness (QED) is 0.852. The molecule has 1 N–H and O–H groups in total. The largest absolute Gasteiger partial charge is 0.444 e. The van der Waals surface area contributed by atoms with Gasteiger partial charge in [-0.1, -0.05) is 0 Å². The van der Waals surface area contributed by atoms with Crippen molar-refractivity contribution in [3.63, 3.8) is 0 Å². The van der Waals surface area contributed by atoms with Crippen LogP contribution in [0.15, 0.2) is 0 Å². The molecule has 2 fully saturated rings. The number of carbonyl (C=O) groups is 1. The Morgan fingerprint density at radius 2 is 1.90 bits per heavy atom. The van der Waals surface area contributed by atoms with E-state index in [0.717, 1.165) is 0 Å². The lowest BCUT2D eigenvalue weighted by atomic mass is 10.1.